The molecule has 0 fully saturated rings. The summed E-state index contributed by atoms with van der Waals surface area (Å²) in [5.41, 5.74) is 1.85. The first-order valence-corrected chi connectivity index (χ1v) is 9.16. The van der Waals surface area contributed by atoms with E-state index >= 15 is 0 Å². The van der Waals surface area contributed by atoms with Gasteiger partial charge in [0.25, 0.3) is 0 Å². The summed E-state index contributed by atoms with van der Waals surface area (Å²) in [4.78, 5) is 0. The maximum absolute atomic E-state index is 14.4. The van der Waals surface area contributed by atoms with Gasteiger partial charge in [-0.05, 0) is 60.1 Å². The number of hydrogen-bond donors (Lipinski definition) is 0. The molecule has 0 unspecified atom stereocenters. The van der Waals surface area contributed by atoms with Gasteiger partial charge < -0.3 is 0 Å². The van der Waals surface area contributed by atoms with Gasteiger partial charge in [-0.1, -0.05) is 36.4 Å². The van der Waals surface area contributed by atoms with Crippen LogP contribution in [0, 0.1) is 29.1 Å². The zero-order chi connectivity index (χ0) is 21.0. The first kappa shape index (κ1) is 21.0. The maximum Gasteiger partial charge on any atom is 0.194 e. The van der Waals surface area contributed by atoms with Crippen LogP contribution in [-0.2, 0) is 19.3 Å². The quantitative estimate of drug-likeness (QED) is 0.300. The number of aryl methyl sites for hydroxylation is 3. The molecule has 0 atom stereocenters. The Morgan fingerprint density at radius 3 is 1.83 bits per heavy atom. The molecule has 0 nitrogen and oxygen atoms in total. The van der Waals surface area contributed by atoms with E-state index < -0.39 is 35.8 Å². The molecule has 0 aliphatic carbocycles. The molecule has 0 aromatic heterocycles. The topological polar surface area (TPSA) is 0 Å². The third kappa shape index (κ3) is 4.81. The molecule has 29 heavy (non-hydrogen) atoms. The zero-order valence-corrected chi connectivity index (χ0v) is 15.4. The van der Waals surface area contributed by atoms with Crippen molar-refractivity contribution in [1.29, 1.82) is 0 Å². The van der Waals surface area contributed by atoms with Crippen LogP contribution in [0.5, 0.6) is 0 Å². The molecule has 0 bridgehead atoms. The highest BCUT2D eigenvalue weighted by Crippen LogP contribution is 2.27. The van der Waals surface area contributed by atoms with Crippen molar-refractivity contribution in [2.45, 2.75) is 25.7 Å². The Hall–Kier alpha value is -2.76. The van der Waals surface area contributed by atoms with E-state index in [2.05, 4.69) is 0 Å². The van der Waals surface area contributed by atoms with Crippen LogP contribution in [0.25, 0.3) is 11.1 Å². The highest BCUT2D eigenvalue weighted by molar-refractivity contribution is 5.65. The molecule has 0 saturated carbocycles. The van der Waals surface area contributed by atoms with Crippen LogP contribution in [0.3, 0.4) is 0 Å². The van der Waals surface area contributed by atoms with E-state index in [1.54, 1.807) is 24.3 Å². The predicted octanol–water partition coefficient (Wildman–Crippen LogP) is 6.74. The summed E-state index contributed by atoms with van der Waals surface area (Å²) < 4.78 is 80.4. The van der Waals surface area contributed by atoms with Gasteiger partial charge in [-0.25, -0.2) is 22.0 Å². The van der Waals surface area contributed by atoms with Crippen molar-refractivity contribution in [3.8, 4) is 11.1 Å². The van der Waals surface area contributed by atoms with Gasteiger partial charge in [0.2, 0.25) is 0 Å². The molecule has 0 heterocycles. The van der Waals surface area contributed by atoms with Crippen LogP contribution in [0.1, 0.15) is 23.1 Å². The normalized spacial score (nSPS) is 11.1. The molecule has 0 aliphatic rings. The van der Waals surface area contributed by atoms with Gasteiger partial charge >= 0.3 is 0 Å². The van der Waals surface area contributed by atoms with Crippen LogP contribution < -0.4 is 0 Å². The van der Waals surface area contributed by atoms with Crippen molar-refractivity contribution in [3.63, 3.8) is 0 Å². The molecule has 152 valence electrons. The van der Waals surface area contributed by atoms with Gasteiger partial charge in [-0.3, -0.25) is 4.39 Å². The third-order valence-corrected chi connectivity index (χ3v) is 4.75. The Morgan fingerprint density at radius 2 is 1.21 bits per heavy atom. The Bertz CT molecular complexity index is 972. The van der Waals surface area contributed by atoms with E-state index in [0.29, 0.717) is 24.0 Å². The van der Waals surface area contributed by atoms with Crippen molar-refractivity contribution in [1.82, 2.24) is 0 Å². The first-order chi connectivity index (χ1) is 13.9. The van der Waals surface area contributed by atoms with E-state index in [0.717, 1.165) is 17.7 Å². The standard InChI is InChI=1S/C23H18F6/c24-11-1-2-17-9-10-18(22(28)21(17)27)16-7-5-14(6-8-16)3-4-15-12-19(25)23(29)20(26)13-15/h5-10,12-13H,1-4,11H2. The summed E-state index contributed by atoms with van der Waals surface area (Å²) >= 11 is 0. The van der Waals surface area contributed by atoms with Crippen molar-refractivity contribution in [3.05, 3.63) is 94.3 Å². The Labute approximate surface area is 164 Å². The number of benzene rings is 3. The van der Waals surface area contributed by atoms with E-state index in [1.165, 1.54) is 12.1 Å². The van der Waals surface area contributed by atoms with Gasteiger partial charge in [-0.15, -0.1) is 0 Å². The fourth-order valence-corrected chi connectivity index (χ4v) is 3.15. The Kier molecular flexibility index (Phi) is 6.62. The highest BCUT2D eigenvalue weighted by Gasteiger charge is 2.15. The van der Waals surface area contributed by atoms with Gasteiger partial charge in [0.1, 0.15) is 0 Å². The van der Waals surface area contributed by atoms with E-state index in [-0.39, 0.29) is 24.0 Å². The van der Waals surface area contributed by atoms with E-state index in [9.17, 15) is 26.3 Å². The van der Waals surface area contributed by atoms with Gasteiger partial charge in [0.15, 0.2) is 29.1 Å². The highest BCUT2D eigenvalue weighted by atomic mass is 19.2. The summed E-state index contributed by atoms with van der Waals surface area (Å²) in [5, 5.41) is 0. The molecule has 3 aromatic carbocycles. The van der Waals surface area contributed by atoms with E-state index in [4.69, 9.17) is 0 Å². The minimum Gasteiger partial charge on any atom is -0.251 e. The summed E-state index contributed by atoms with van der Waals surface area (Å²) in [5.74, 6) is -5.92. The van der Waals surface area contributed by atoms with Gasteiger partial charge in [-0.2, -0.15) is 0 Å². The molecule has 0 saturated heterocycles. The Balaban J connectivity index is 1.73. The number of halogens is 6. The van der Waals surface area contributed by atoms with Crippen molar-refractivity contribution in [2.24, 2.45) is 0 Å². The van der Waals surface area contributed by atoms with Gasteiger partial charge in [0.05, 0.1) is 6.67 Å². The lowest BCUT2D eigenvalue weighted by atomic mass is 9.98. The molecular weight excluding hydrogens is 390 g/mol. The van der Waals surface area contributed by atoms with Crippen molar-refractivity contribution in [2.75, 3.05) is 6.67 Å². The summed E-state index contributed by atoms with van der Waals surface area (Å²) in [6.45, 7) is -0.596. The smallest absolute Gasteiger partial charge is 0.194 e. The molecule has 3 rings (SSSR count). The average Bonchev–Trinajstić information content (AvgIpc) is 2.72. The van der Waals surface area contributed by atoms with E-state index in [1.807, 2.05) is 0 Å². The second-order valence-corrected chi connectivity index (χ2v) is 6.76. The summed E-state index contributed by atoms with van der Waals surface area (Å²) in [7, 11) is 0. The van der Waals surface area contributed by atoms with Crippen molar-refractivity contribution >= 4 is 0 Å². The second kappa shape index (κ2) is 9.16. The monoisotopic (exact) mass is 408 g/mol. The van der Waals surface area contributed by atoms with Crippen LogP contribution in [-0.4, -0.2) is 6.67 Å². The fraction of sp³-hybridized carbons (Fsp3) is 0.217. The molecular formula is C23H18F6. The number of alkyl halides is 1. The lowest BCUT2D eigenvalue weighted by Gasteiger charge is -2.09. The largest absolute Gasteiger partial charge is 0.251 e. The molecule has 0 N–H and O–H groups in total. The maximum atomic E-state index is 14.4. The molecule has 0 radical (unpaired) electrons. The minimum absolute atomic E-state index is 0.0979. The molecule has 0 amide bonds. The number of rotatable bonds is 7. The lowest BCUT2D eigenvalue weighted by molar-refractivity contribution is 0.445. The fourth-order valence-electron chi connectivity index (χ4n) is 3.15. The third-order valence-electron chi connectivity index (χ3n) is 4.75. The van der Waals surface area contributed by atoms with Crippen LogP contribution in [0.15, 0.2) is 48.5 Å². The van der Waals surface area contributed by atoms with Crippen LogP contribution in [0.4, 0.5) is 26.3 Å². The second-order valence-electron chi connectivity index (χ2n) is 6.76. The average molecular weight is 408 g/mol. The minimum atomic E-state index is -1.50. The number of hydrogen-bond acceptors (Lipinski definition) is 0. The lowest BCUT2D eigenvalue weighted by Crippen LogP contribution is -1.99. The first-order valence-electron chi connectivity index (χ1n) is 9.16. The summed E-state index contributed by atoms with van der Waals surface area (Å²) in [6.07, 6.45) is 0.985. The van der Waals surface area contributed by atoms with Crippen molar-refractivity contribution < 1.29 is 26.3 Å². The summed E-state index contributed by atoms with van der Waals surface area (Å²) in [6, 6.07) is 11.5. The van der Waals surface area contributed by atoms with Gasteiger partial charge in [0, 0.05) is 5.56 Å². The SMILES string of the molecule is FCCCc1ccc(-c2ccc(CCc3cc(F)c(F)c(F)c3)cc2)c(F)c1F. The molecule has 0 aliphatic heterocycles. The zero-order valence-electron chi connectivity index (χ0n) is 15.4. The molecule has 0 spiro atoms. The molecule has 3 aromatic rings. The Morgan fingerprint density at radius 1 is 0.586 bits per heavy atom. The molecule has 6 heteroatoms. The van der Waals surface area contributed by atoms with Crippen LogP contribution >= 0.6 is 0 Å². The van der Waals surface area contributed by atoms with Crippen LogP contribution in [0.2, 0.25) is 0 Å². The predicted molar refractivity (Wildman–Crippen MR) is 99.8 cm³/mol.